The fraction of sp³-hybridized carbons (Fsp3) is 0.704. The molecule has 9 heteroatoms. The van der Waals surface area contributed by atoms with Gasteiger partial charge in [0.05, 0.1) is 34.4 Å². The van der Waals surface area contributed by atoms with Crippen LogP contribution in [0.25, 0.3) is 0 Å². The molecular formula is C27H44O7S2. The monoisotopic (exact) mass is 544 g/mol. The Hall–Kier alpha value is -1.42. The Balaban J connectivity index is 3.08. The van der Waals surface area contributed by atoms with Crippen molar-refractivity contribution in [1.82, 2.24) is 0 Å². The third-order valence-electron chi connectivity index (χ3n) is 5.50. The van der Waals surface area contributed by atoms with Gasteiger partial charge in [-0.3, -0.25) is 4.79 Å². The Labute approximate surface area is 221 Å². The molecule has 0 aliphatic carbocycles. The first-order chi connectivity index (χ1) is 16.2. The summed E-state index contributed by atoms with van der Waals surface area (Å²) in [5, 5.41) is 8.39. The van der Waals surface area contributed by atoms with Crippen molar-refractivity contribution in [2.45, 2.75) is 89.9 Å². The molecule has 1 aromatic rings. The highest BCUT2D eigenvalue weighted by Crippen LogP contribution is 2.32. The number of sulfone groups is 1. The first kappa shape index (κ1) is 32.6. The van der Waals surface area contributed by atoms with Crippen molar-refractivity contribution in [2.75, 3.05) is 24.7 Å². The van der Waals surface area contributed by atoms with Gasteiger partial charge in [-0.1, -0.05) is 26.0 Å². The average molecular weight is 545 g/mol. The lowest BCUT2D eigenvalue weighted by Crippen LogP contribution is -2.36. The van der Waals surface area contributed by atoms with Crippen LogP contribution in [0.3, 0.4) is 0 Å². The normalized spacial score (nSPS) is 14.9. The lowest BCUT2D eigenvalue weighted by atomic mass is 10.00. The van der Waals surface area contributed by atoms with Gasteiger partial charge in [0.25, 0.3) is 0 Å². The number of hydrogen-bond donors (Lipinski definition) is 1. The lowest BCUT2D eigenvalue weighted by molar-refractivity contribution is -0.00628. The maximum Gasteiger partial charge on any atom is 0.335 e. The van der Waals surface area contributed by atoms with Crippen LogP contribution in [0.5, 0.6) is 0 Å². The summed E-state index contributed by atoms with van der Waals surface area (Å²) in [6.45, 7) is 17.9. The van der Waals surface area contributed by atoms with Crippen molar-refractivity contribution in [1.29, 1.82) is 0 Å². The van der Waals surface area contributed by atoms with Crippen LogP contribution < -0.4 is 0 Å². The zero-order valence-corrected chi connectivity index (χ0v) is 24.8. The predicted molar refractivity (Wildman–Crippen MR) is 147 cm³/mol. The topological polar surface area (TPSA) is 107 Å². The number of carbonyl (C=O) groups is 2. The maximum absolute atomic E-state index is 13.4. The summed E-state index contributed by atoms with van der Waals surface area (Å²) in [6, 6.07) is 5.62. The van der Waals surface area contributed by atoms with Crippen molar-refractivity contribution >= 4 is 33.4 Å². The first-order valence-corrected chi connectivity index (χ1v) is 14.9. The second-order valence-corrected chi connectivity index (χ2v) is 16.0. The number of carboxylic acid groups (broad SMARTS) is 1. The number of benzene rings is 1. The number of carboxylic acids is 1. The van der Waals surface area contributed by atoms with E-state index in [9.17, 15) is 18.0 Å². The molecule has 1 rings (SSSR count). The summed E-state index contributed by atoms with van der Waals surface area (Å²) in [5.41, 5.74) is -0.355. The fourth-order valence-electron chi connectivity index (χ4n) is 3.13. The molecule has 206 valence electrons. The molecule has 0 saturated carbocycles. The third-order valence-corrected chi connectivity index (χ3v) is 9.28. The van der Waals surface area contributed by atoms with E-state index in [0.29, 0.717) is 17.9 Å². The lowest BCUT2D eigenvalue weighted by Gasteiger charge is -2.29. The fourth-order valence-corrected chi connectivity index (χ4v) is 5.86. The Kier molecular flexibility index (Phi) is 11.7. The average Bonchev–Trinajstić information content (AvgIpc) is 2.72. The Morgan fingerprint density at radius 2 is 1.42 bits per heavy atom. The number of thioether (sulfide) groups is 1. The zero-order valence-electron chi connectivity index (χ0n) is 23.2. The van der Waals surface area contributed by atoms with Crippen LogP contribution in [0.15, 0.2) is 24.3 Å². The van der Waals surface area contributed by atoms with E-state index in [4.69, 9.17) is 14.6 Å². The third kappa shape index (κ3) is 12.2. The van der Waals surface area contributed by atoms with Crippen LogP contribution in [0, 0.1) is 5.92 Å². The molecule has 0 aliphatic heterocycles. The van der Waals surface area contributed by atoms with E-state index in [2.05, 4.69) is 13.8 Å². The maximum atomic E-state index is 13.4. The number of Topliss-reactive ketones (excluding diaryl/α,β-unsaturated/α-hetero) is 1. The van der Waals surface area contributed by atoms with Crippen molar-refractivity contribution < 1.29 is 32.6 Å². The van der Waals surface area contributed by atoms with E-state index in [1.807, 2.05) is 41.5 Å². The van der Waals surface area contributed by atoms with Crippen LogP contribution in [0.1, 0.15) is 89.5 Å². The van der Waals surface area contributed by atoms with Crippen molar-refractivity contribution in [3.05, 3.63) is 35.4 Å². The van der Waals surface area contributed by atoms with E-state index >= 15 is 0 Å². The van der Waals surface area contributed by atoms with E-state index < -0.39 is 32.6 Å². The molecule has 1 N–H and O–H groups in total. The number of aromatic carboxylic acids is 1. The van der Waals surface area contributed by atoms with Crippen LogP contribution >= 0.6 is 11.8 Å². The first-order valence-electron chi connectivity index (χ1n) is 12.2. The van der Waals surface area contributed by atoms with Crippen molar-refractivity contribution in [3.63, 3.8) is 0 Å². The van der Waals surface area contributed by atoms with E-state index in [0.717, 1.165) is 6.42 Å². The molecule has 2 unspecified atom stereocenters. The summed E-state index contributed by atoms with van der Waals surface area (Å²) in [4.78, 5) is 24.6. The minimum atomic E-state index is -3.64. The minimum absolute atomic E-state index is 0.0445. The SMILES string of the molecule is CC(COC(C)(C)C)S(=O)(=O)CC(CSC(C)(C)CCOC(C)(C)C)C(=O)c1ccc(C(=O)O)cc1. The molecule has 0 bridgehead atoms. The van der Waals surface area contributed by atoms with E-state index in [1.165, 1.54) is 24.3 Å². The smallest absolute Gasteiger partial charge is 0.335 e. The van der Waals surface area contributed by atoms with Gasteiger partial charge in [0, 0.05) is 28.6 Å². The number of ether oxygens (including phenoxy) is 2. The summed E-state index contributed by atoms with van der Waals surface area (Å²) in [5.74, 6) is -2.17. The predicted octanol–water partition coefficient (Wildman–Crippen LogP) is 5.52. The van der Waals surface area contributed by atoms with Gasteiger partial charge in [-0.25, -0.2) is 13.2 Å². The van der Waals surface area contributed by atoms with Crippen LogP contribution in [-0.4, -0.2) is 71.2 Å². The highest BCUT2D eigenvalue weighted by molar-refractivity contribution is 8.00. The van der Waals surface area contributed by atoms with E-state index in [-0.39, 0.29) is 34.1 Å². The Bertz CT molecular complexity index is 969. The number of rotatable bonds is 14. The van der Waals surface area contributed by atoms with Gasteiger partial charge in [-0.2, -0.15) is 11.8 Å². The molecule has 1 aromatic carbocycles. The second-order valence-electron chi connectivity index (χ2n) is 11.8. The summed E-state index contributed by atoms with van der Waals surface area (Å²) >= 11 is 1.55. The van der Waals surface area contributed by atoms with Gasteiger partial charge in [-0.05, 0) is 67.0 Å². The standard InChI is InChI=1S/C27H44O7S2/c1-19(16-34-26(5,6)7)36(31,32)18-22(17-35-27(8,9)14-15-33-25(2,3)4)23(28)20-10-12-21(13-11-20)24(29)30/h10-13,19,22H,14-18H2,1-9H3,(H,29,30). The summed E-state index contributed by atoms with van der Waals surface area (Å²) < 4.78 is 37.7. The van der Waals surface area contributed by atoms with Crippen LogP contribution in [0.4, 0.5) is 0 Å². The van der Waals surface area contributed by atoms with Crippen LogP contribution in [-0.2, 0) is 19.3 Å². The van der Waals surface area contributed by atoms with Gasteiger partial charge < -0.3 is 14.6 Å². The molecule has 0 saturated heterocycles. The van der Waals surface area contributed by atoms with Crippen LogP contribution in [0.2, 0.25) is 0 Å². The molecule has 7 nitrogen and oxygen atoms in total. The highest BCUT2D eigenvalue weighted by Gasteiger charge is 2.33. The van der Waals surface area contributed by atoms with Gasteiger partial charge in [0.1, 0.15) is 0 Å². The molecule has 36 heavy (non-hydrogen) atoms. The van der Waals surface area contributed by atoms with Gasteiger partial charge in [-0.15, -0.1) is 0 Å². The number of carbonyl (C=O) groups excluding carboxylic acids is 1. The molecule has 0 fully saturated rings. The summed E-state index contributed by atoms with van der Waals surface area (Å²) in [6.07, 6.45) is 0.742. The largest absolute Gasteiger partial charge is 0.478 e. The number of hydrogen-bond acceptors (Lipinski definition) is 7. The van der Waals surface area contributed by atoms with E-state index in [1.54, 1.807) is 18.7 Å². The minimum Gasteiger partial charge on any atom is -0.478 e. The number of ketones is 1. The molecule has 0 amide bonds. The second kappa shape index (κ2) is 12.9. The molecule has 2 atom stereocenters. The molecule has 0 aliphatic rings. The molecule has 0 spiro atoms. The van der Waals surface area contributed by atoms with Crippen molar-refractivity contribution in [3.8, 4) is 0 Å². The van der Waals surface area contributed by atoms with Gasteiger partial charge >= 0.3 is 5.97 Å². The Morgan fingerprint density at radius 3 is 1.89 bits per heavy atom. The Morgan fingerprint density at radius 1 is 0.917 bits per heavy atom. The molecular weight excluding hydrogens is 500 g/mol. The quantitative estimate of drug-likeness (QED) is 0.305. The van der Waals surface area contributed by atoms with Gasteiger partial charge in [0.15, 0.2) is 15.6 Å². The molecule has 0 heterocycles. The van der Waals surface area contributed by atoms with Gasteiger partial charge in [0.2, 0.25) is 0 Å². The zero-order chi connectivity index (χ0) is 27.9. The molecule has 0 radical (unpaired) electrons. The van der Waals surface area contributed by atoms with Crippen molar-refractivity contribution in [2.24, 2.45) is 5.92 Å². The molecule has 0 aromatic heterocycles. The highest BCUT2D eigenvalue weighted by atomic mass is 32.2. The summed E-state index contributed by atoms with van der Waals surface area (Å²) in [7, 11) is -3.64.